The van der Waals surface area contributed by atoms with Gasteiger partial charge in [0.05, 0.1) is 36.3 Å². The van der Waals surface area contributed by atoms with Crippen LogP contribution in [-0.2, 0) is 23.1 Å². The van der Waals surface area contributed by atoms with Crippen LogP contribution in [0.4, 0.5) is 10.5 Å². The molecule has 3 aromatic heterocycles. The third-order valence-corrected chi connectivity index (χ3v) is 8.40. The van der Waals surface area contributed by atoms with Crippen LogP contribution in [0.3, 0.4) is 0 Å². The molecule has 4 aromatic rings. The van der Waals surface area contributed by atoms with E-state index in [0.29, 0.717) is 69.4 Å². The maximum Gasteiger partial charge on any atom is 0.410 e. The van der Waals surface area contributed by atoms with Crippen LogP contribution in [-0.4, -0.2) is 73.9 Å². The predicted octanol–water partition coefficient (Wildman–Crippen LogP) is 5.60. The highest BCUT2D eigenvalue weighted by atomic mass is 35.5. The van der Waals surface area contributed by atoms with Crippen LogP contribution in [0.15, 0.2) is 48.8 Å². The number of amides is 3. The normalized spacial score (nSPS) is 14.3. The van der Waals surface area contributed by atoms with Crippen LogP contribution in [0.2, 0.25) is 5.02 Å². The Morgan fingerprint density at radius 1 is 1.16 bits per heavy atom. The van der Waals surface area contributed by atoms with Gasteiger partial charge in [-0.1, -0.05) is 23.7 Å². The average Bonchev–Trinajstić information content (AvgIpc) is 3.65. The van der Waals surface area contributed by atoms with Crippen molar-refractivity contribution in [2.24, 2.45) is 7.05 Å². The van der Waals surface area contributed by atoms with Crippen molar-refractivity contribution in [3.8, 4) is 28.4 Å². The van der Waals surface area contributed by atoms with Gasteiger partial charge in [0.1, 0.15) is 11.3 Å². The highest BCUT2D eigenvalue weighted by Gasteiger charge is 2.29. The number of carbonyl (C=O) groups excluding carboxylic acids is 4. The van der Waals surface area contributed by atoms with E-state index in [1.54, 1.807) is 63.2 Å². The van der Waals surface area contributed by atoms with Crippen molar-refractivity contribution >= 4 is 41.5 Å². The first-order chi connectivity index (χ1) is 23.3. The summed E-state index contributed by atoms with van der Waals surface area (Å²) in [7, 11) is 3.09. The number of pyridine rings is 2. The molecule has 0 radical (unpaired) electrons. The molecule has 0 spiro atoms. The van der Waals surface area contributed by atoms with Crippen LogP contribution in [0.25, 0.3) is 22.5 Å². The molecule has 0 bridgehead atoms. The molecular formula is C35H38ClN7O6. The molecule has 5 rings (SSSR count). The number of methoxy groups -OCH3 is 1. The van der Waals surface area contributed by atoms with Gasteiger partial charge in [0, 0.05) is 54.6 Å². The Hall–Kier alpha value is -5.30. The molecule has 1 aliphatic rings. The number of benzene rings is 1. The van der Waals surface area contributed by atoms with Crippen LogP contribution in [0.5, 0.6) is 5.88 Å². The summed E-state index contributed by atoms with van der Waals surface area (Å²) < 4.78 is 12.8. The van der Waals surface area contributed by atoms with Gasteiger partial charge in [0.15, 0.2) is 12.1 Å². The van der Waals surface area contributed by atoms with E-state index in [0.717, 1.165) is 0 Å². The molecule has 49 heavy (non-hydrogen) atoms. The number of hydrogen-bond acceptors (Lipinski definition) is 9. The fraction of sp³-hybridized carbons (Fsp3) is 0.343. The number of imidazole rings is 1. The molecule has 1 saturated heterocycles. The van der Waals surface area contributed by atoms with Gasteiger partial charge < -0.3 is 29.6 Å². The van der Waals surface area contributed by atoms with Crippen LogP contribution in [0.1, 0.15) is 65.8 Å². The third kappa shape index (κ3) is 7.89. The Morgan fingerprint density at radius 3 is 2.59 bits per heavy atom. The molecule has 14 heteroatoms. The summed E-state index contributed by atoms with van der Waals surface area (Å²) in [6.07, 6.45) is 4.11. The highest BCUT2D eigenvalue weighted by Crippen LogP contribution is 2.38. The lowest BCUT2D eigenvalue weighted by atomic mass is 10.0. The largest absolute Gasteiger partial charge is 0.481 e. The van der Waals surface area contributed by atoms with E-state index >= 15 is 0 Å². The summed E-state index contributed by atoms with van der Waals surface area (Å²) >= 11 is 6.99. The topological polar surface area (TPSA) is 158 Å². The van der Waals surface area contributed by atoms with Crippen molar-refractivity contribution in [3.63, 3.8) is 0 Å². The van der Waals surface area contributed by atoms with Gasteiger partial charge >= 0.3 is 6.09 Å². The van der Waals surface area contributed by atoms with Crippen molar-refractivity contribution < 1.29 is 28.7 Å². The van der Waals surface area contributed by atoms with Gasteiger partial charge in [-0.15, -0.1) is 0 Å². The molecule has 1 aliphatic heterocycles. The predicted molar refractivity (Wildman–Crippen MR) is 184 cm³/mol. The zero-order valence-corrected chi connectivity index (χ0v) is 28.9. The summed E-state index contributed by atoms with van der Waals surface area (Å²) in [5, 5.41) is 6.11. The van der Waals surface area contributed by atoms with Gasteiger partial charge in [-0.25, -0.2) is 14.8 Å². The summed E-state index contributed by atoms with van der Waals surface area (Å²) in [5.41, 5.74) is 3.73. The van der Waals surface area contributed by atoms with Gasteiger partial charge in [-0.05, 0) is 63.9 Å². The maximum absolute atomic E-state index is 13.2. The number of hydrogen-bond donors (Lipinski definition) is 2. The minimum absolute atomic E-state index is 0.0448. The Morgan fingerprint density at radius 2 is 1.94 bits per heavy atom. The third-order valence-electron chi connectivity index (χ3n) is 8.02. The zero-order chi connectivity index (χ0) is 35.5. The average molecular weight is 688 g/mol. The van der Waals surface area contributed by atoms with Crippen LogP contribution < -0.4 is 15.4 Å². The first-order valence-corrected chi connectivity index (χ1v) is 16.0. The van der Waals surface area contributed by atoms with E-state index in [2.05, 4.69) is 20.6 Å². The van der Waals surface area contributed by atoms with Crippen LogP contribution in [0, 0.1) is 6.92 Å². The molecule has 4 heterocycles. The molecule has 0 aliphatic carbocycles. The summed E-state index contributed by atoms with van der Waals surface area (Å²) in [5.74, 6) is -0.133. The number of halogens is 1. The number of aromatic nitrogens is 4. The summed E-state index contributed by atoms with van der Waals surface area (Å²) in [6, 6.07) is 10.5. The van der Waals surface area contributed by atoms with Crippen LogP contribution >= 0.6 is 11.6 Å². The summed E-state index contributed by atoms with van der Waals surface area (Å²) in [6.45, 7) is 7.64. The number of ether oxygens (including phenoxy) is 2. The minimum atomic E-state index is -0.709. The van der Waals surface area contributed by atoms with Crippen molar-refractivity contribution in [2.45, 2.75) is 58.7 Å². The maximum atomic E-state index is 13.2. The van der Waals surface area contributed by atoms with Gasteiger partial charge in [-0.3, -0.25) is 19.4 Å². The highest BCUT2D eigenvalue weighted by molar-refractivity contribution is 6.35. The van der Waals surface area contributed by atoms with Crippen molar-refractivity contribution in [1.82, 2.24) is 29.7 Å². The second-order valence-electron chi connectivity index (χ2n) is 12.7. The standard InChI is InChI=1S/C35H38ClN7O6/c1-20-24(8-7-9-26(20)40-32(46)31-38-16-23(19-44)42(31)5)30-29(36)25(14-15-37-30)27-12-10-21(33(41-27)48-6)17-43(34(47)49-35(2,3)4)18-22-11-13-28(45)39-22/h7-10,12,14-16,19,22H,11,13,17-18H2,1-6H3,(H,39,45)(H,40,46)/t22-/m0/s1. The molecule has 2 N–H and O–H groups in total. The van der Waals surface area contributed by atoms with Crippen molar-refractivity contribution in [3.05, 3.63) is 76.5 Å². The zero-order valence-electron chi connectivity index (χ0n) is 28.2. The second-order valence-corrected chi connectivity index (χ2v) is 13.0. The van der Waals surface area contributed by atoms with Gasteiger partial charge in [-0.2, -0.15) is 0 Å². The molecule has 0 unspecified atom stereocenters. The smallest absolute Gasteiger partial charge is 0.410 e. The lowest BCUT2D eigenvalue weighted by Gasteiger charge is -2.29. The van der Waals surface area contributed by atoms with Crippen molar-refractivity contribution in [2.75, 3.05) is 19.0 Å². The molecular weight excluding hydrogens is 650 g/mol. The number of nitrogens with one attached hydrogen (secondary N) is 2. The Labute approximate surface area is 289 Å². The number of carbonyl (C=O) groups is 4. The number of anilines is 1. The van der Waals surface area contributed by atoms with Crippen molar-refractivity contribution in [1.29, 1.82) is 0 Å². The molecule has 13 nitrogen and oxygen atoms in total. The molecule has 1 fully saturated rings. The second kappa shape index (κ2) is 14.4. The molecule has 1 aromatic carbocycles. The monoisotopic (exact) mass is 687 g/mol. The van der Waals surface area contributed by atoms with Gasteiger partial charge in [0.2, 0.25) is 11.8 Å². The quantitative estimate of drug-likeness (QED) is 0.203. The molecule has 3 amide bonds. The first kappa shape index (κ1) is 35.0. The Bertz CT molecular complexity index is 1920. The first-order valence-electron chi connectivity index (χ1n) is 15.6. The molecule has 256 valence electrons. The SMILES string of the molecule is COc1nc(-c2ccnc(-c3cccc(NC(=O)c4ncc(C=O)n4C)c3C)c2Cl)ccc1CN(C[C@@H]1CCC(=O)N1)C(=O)OC(C)(C)C. The fourth-order valence-electron chi connectivity index (χ4n) is 5.51. The van der Waals surface area contributed by atoms with E-state index < -0.39 is 17.6 Å². The summed E-state index contributed by atoms with van der Waals surface area (Å²) in [4.78, 5) is 64.2. The van der Waals surface area contributed by atoms with Gasteiger partial charge in [0.25, 0.3) is 5.91 Å². The van der Waals surface area contributed by atoms with E-state index in [-0.39, 0.29) is 36.6 Å². The fourth-order valence-corrected chi connectivity index (χ4v) is 5.82. The number of aldehydes is 1. The minimum Gasteiger partial charge on any atom is -0.481 e. The molecule has 0 saturated carbocycles. The molecule has 1 atom stereocenters. The number of nitrogens with zero attached hydrogens (tertiary/aromatic N) is 5. The lowest BCUT2D eigenvalue weighted by molar-refractivity contribution is -0.119. The van der Waals surface area contributed by atoms with E-state index in [1.807, 2.05) is 19.1 Å². The van der Waals surface area contributed by atoms with E-state index in [4.69, 9.17) is 26.1 Å². The Balaban J connectivity index is 1.42. The Kier molecular flexibility index (Phi) is 10.3. The van der Waals surface area contributed by atoms with E-state index in [1.165, 1.54) is 17.9 Å². The lowest BCUT2D eigenvalue weighted by Crippen LogP contribution is -2.43. The van der Waals surface area contributed by atoms with E-state index in [9.17, 15) is 19.2 Å². The number of rotatable bonds is 10.